The van der Waals surface area contributed by atoms with Crippen LogP contribution in [0.3, 0.4) is 0 Å². The minimum absolute atomic E-state index is 0.516. The van der Waals surface area contributed by atoms with Gasteiger partial charge in [-0.3, -0.25) is 4.90 Å². The van der Waals surface area contributed by atoms with Gasteiger partial charge in [-0.1, -0.05) is 0 Å². The van der Waals surface area contributed by atoms with Gasteiger partial charge in [0, 0.05) is 19.6 Å². The Labute approximate surface area is 81.1 Å². The highest BCUT2D eigenvalue weighted by molar-refractivity contribution is 4.65. The molecule has 1 N–H and O–H groups in total. The summed E-state index contributed by atoms with van der Waals surface area (Å²) < 4.78 is 5.30. The highest BCUT2D eigenvalue weighted by Gasteiger charge is 2.29. The second-order valence-corrected chi connectivity index (χ2v) is 3.62. The minimum atomic E-state index is -1.13. The molecular formula is C9H22N2O2. The fraction of sp³-hybridized carbons (Fsp3) is 1.00. The molecule has 1 unspecified atom stereocenters. The molecule has 0 spiro atoms. The zero-order chi connectivity index (χ0) is 10.5. The monoisotopic (exact) mass is 190 g/mol. The molecule has 0 aromatic carbocycles. The van der Waals surface area contributed by atoms with E-state index in [0.29, 0.717) is 13.0 Å². The van der Waals surface area contributed by atoms with E-state index < -0.39 is 5.91 Å². The Morgan fingerprint density at radius 1 is 1.23 bits per heavy atom. The Balaban J connectivity index is 4.07. The molecule has 0 rings (SSSR count). The van der Waals surface area contributed by atoms with Crippen molar-refractivity contribution < 1.29 is 9.84 Å². The predicted molar refractivity (Wildman–Crippen MR) is 53.4 cm³/mol. The minimum Gasteiger partial charge on any atom is -0.353 e. The van der Waals surface area contributed by atoms with Gasteiger partial charge in [-0.15, -0.1) is 0 Å². The molecule has 0 aromatic rings. The summed E-state index contributed by atoms with van der Waals surface area (Å²) in [5.41, 5.74) is 0. The van der Waals surface area contributed by atoms with Gasteiger partial charge in [0.25, 0.3) is 0 Å². The molecule has 0 bridgehead atoms. The lowest BCUT2D eigenvalue weighted by Crippen LogP contribution is -2.48. The van der Waals surface area contributed by atoms with E-state index in [9.17, 15) is 5.11 Å². The first-order valence-electron chi connectivity index (χ1n) is 4.61. The molecule has 0 aliphatic rings. The molecule has 0 heterocycles. The molecular weight excluding hydrogens is 168 g/mol. The topological polar surface area (TPSA) is 35.9 Å². The van der Waals surface area contributed by atoms with Gasteiger partial charge in [0.05, 0.1) is 0 Å². The molecule has 0 radical (unpaired) electrons. The largest absolute Gasteiger partial charge is 0.353 e. The van der Waals surface area contributed by atoms with Crippen LogP contribution >= 0.6 is 0 Å². The number of rotatable bonds is 6. The summed E-state index contributed by atoms with van der Waals surface area (Å²) in [7, 11) is 7.57. The van der Waals surface area contributed by atoms with Gasteiger partial charge in [0.2, 0.25) is 5.91 Å². The second kappa shape index (κ2) is 5.54. The number of hydrogen-bond acceptors (Lipinski definition) is 4. The third-order valence-electron chi connectivity index (χ3n) is 1.96. The maximum absolute atomic E-state index is 10.0. The van der Waals surface area contributed by atoms with E-state index in [4.69, 9.17) is 4.74 Å². The summed E-state index contributed by atoms with van der Waals surface area (Å²) in [6, 6.07) is 0. The lowest BCUT2D eigenvalue weighted by atomic mass is 10.3. The number of ether oxygens (including phenoxy) is 1. The van der Waals surface area contributed by atoms with Gasteiger partial charge >= 0.3 is 0 Å². The van der Waals surface area contributed by atoms with E-state index >= 15 is 0 Å². The summed E-state index contributed by atoms with van der Waals surface area (Å²) in [6.07, 6.45) is 0.584. The zero-order valence-electron chi connectivity index (χ0n) is 9.37. The van der Waals surface area contributed by atoms with Gasteiger partial charge in [-0.25, -0.2) is 0 Å². The summed E-state index contributed by atoms with van der Waals surface area (Å²) in [5, 5.41) is 10.0. The summed E-state index contributed by atoms with van der Waals surface area (Å²) in [5.74, 6) is -1.13. The quantitative estimate of drug-likeness (QED) is 0.606. The van der Waals surface area contributed by atoms with Crippen molar-refractivity contribution in [1.29, 1.82) is 0 Å². The normalized spacial score (nSPS) is 16.6. The molecule has 0 fully saturated rings. The molecule has 0 amide bonds. The Kier molecular flexibility index (Phi) is 5.48. The first-order valence-corrected chi connectivity index (χ1v) is 4.61. The van der Waals surface area contributed by atoms with Crippen LogP contribution in [-0.2, 0) is 4.74 Å². The van der Waals surface area contributed by atoms with Crippen LogP contribution in [0.1, 0.15) is 13.3 Å². The first kappa shape index (κ1) is 12.8. The molecule has 0 aliphatic heterocycles. The third-order valence-corrected chi connectivity index (χ3v) is 1.96. The van der Waals surface area contributed by atoms with Crippen LogP contribution in [-0.4, -0.2) is 62.2 Å². The average molecular weight is 190 g/mol. The molecule has 0 saturated heterocycles. The molecule has 0 saturated carbocycles. The average Bonchev–Trinajstić information content (AvgIpc) is 2.01. The Morgan fingerprint density at radius 2 is 1.77 bits per heavy atom. The van der Waals surface area contributed by atoms with Crippen molar-refractivity contribution in [2.24, 2.45) is 0 Å². The van der Waals surface area contributed by atoms with Gasteiger partial charge in [-0.2, -0.15) is 0 Å². The van der Waals surface area contributed by atoms with Crippen molar-refractivity contribution in [2.75, 3.05) is 41.3 Å². The predicted octanol–water partition coefficient (Wildman–Crippen LogP) is 0.182. The van der Waals surface area contributed by atoms with Gasteiger partial charge in [0.15, 0.2) is 0 Å². The van der Waals surface area contributed by atoms with Crippen LogP contribution in [0.2, 0.25) is 0 Å². The van der Waals surface area contributed by atoms with Crippen LogP contribution in [0.5, 0.6) is 0 Å². The van der Waals surface area contributed by atoms with Gasteiger partial charge in [0.1, 0.15) is 0 Å². The molecule has 80 valence electrons. The maximum atomic E-state index is 10.0. The lowest BCUT2D eigenvalue weighted by molar-refractivity contribution is -0.282. The molecule has 4 nitrogen and oxygen atoms in total. The second-order valence-electron chi connectivity index (χ2n) is 3.62. The summed E-state index contributed by atoms with van der Waals surface area (Å²) >= 11 is 0. The molecule has 1 atom stereocenters. The van der Waals surface area contributed by atoms with Crippen LogP contribution in [0.15, 0.2) is 0 Å². The molecule has 0 aromatic heterocycles. The van der Waals surface area contributed by atoms with Crippen molar-refractivity contribution >= 4 is 0 Å². The van der Waals surface area contributed by atoms with Crippen molar-refractivity contribution in [3.63, 3.8) is 0 Å². The van der Waals surface area contributed by atoms with Crippen molar-refractivity contribution in [2.45, 2.75) is 19.3 Å². The molecule has 4 heteroatoms. The summed E-state index contributed by atoms with van der Waals surface area (Å²) in [4.78, 5) is 3.72. The number of nitrogens with zero attached hydrogens (tertiary/aromatic N) is 2. The summed E-state index contributed by atoms with van der Waals surface area (Å²) in [6.45, 7) is 3.20. The third kappa shape index (κ3) is 4.57. The highest BCUT2D eigenvalue weighted by atomic mass is 16.6. The number of aliphatic hydroxyl groups is 1. The first-order chi connectivity index (χ1) is 5.92. The Bertz CT molecular complexity index is 140. The Morgan fingerprint density at radius 3 is 2.08 bits per heavy atom. The van der Waals surface area contributed by atoms with Crippen LogP contribution in [0.25, 0.3) is 0 Å². The van der Waals surface area contributed by atoms with E-state index in [0.717, 1.165) is 6.54 Å². The van der Waals surface area contributed by atoms with E-state index in [2.05, 4.69) is 0 Å². The van der Waals surface area contributed by atoms with E-state index in [-0.39, 0.29) is 0 Å². The van der Waals surface area contributed by atoms with Crippen molar-refractivity contribution in [1.82, 2.24) is 9.80 Å². The Hall–Kier alpha value is -0.160. The standard InChI is InChI=1S/C9H22N2O2/c1-6-13-9(12,11(4)5)7-8-10(2)3/h12H,6-8H2,1-5H3. The van der Waals surface area contributed by atoms with Crippen molar-refractivity contribution in [3.05, 3.63) is 0 Å². The smallest absolute Gasteiger partial charge is 0.228 e. The zero-order valence-corrected chi connectivity index (χ0v) is 9.37. The van der Waals surface area contributed by atoms with Gasteiger partial charge < -0.3 is 14.7 Å². The fourth-order valence-corrected chi connectivity index (χ4v) is 1.03. The number of hydrogen-bond donors (Lipinski definition) is 1. The van der Waals surface area contributed by atoms with Crippen molar-refractivity contribution in [3.8, 4) is 0 Å². The van der Waals surface area contributed by atoms with Crippen LogP contribution in [0.4, 0.5) is 0 Å². The van der Waals surface area contributed by atoms with Gasteiger partial charge in [-0.05, 0) is 35.1 Å². The van der Waals surface area contributed by atoms with E-state index in [1.807, 2.05) is 40.0 Å². The molecule has 13 heavy (non-hydrogen) atoms. The van der Waals surface area contributed by atoms with E-state index in [1.165, 1.54) is 0 Å². The van der Waals surface area contributed by atoms with Crippen LogP contribution in [0, 0.1) is 0 Å². The maximum Gasteiger partial charge on any atom is 0.228 e. The lowest BCUT2D eigenvalue weighted by Gasteiger charge is -2.34. The van der Waals surface area contributed by atoms with E-state index in [1.54, 1.807) is 4.90 Å². The molecule has 0 aliphatic carbocycles. The fourth-order valence-electron chi connectivity index (χ4n) is 1.03. The highest BCUT2D eigenvalue weighted by Crippen LogP contribution is 2.14. The SMILES string of the molecule is CCOC(O)(CCN(C)C)N(C)C. The van der Waals surface area contributed by atoms with Crippen LogP contribution < -0.4 is 0 Å².